The fourth-order valence-corrected chi connectivity index (χ4v) is 25.4. The number of hydrogen-bond acceptors (Lipinski definition) is 15. The first-order valence-corrected chi connectivity index (χ1v) is 49.2. The highest BCUT2D eigenvalue weighted by Crippen LogP contribution is 2.47. The number of cyclic esters (lactones) is 1. The number of nitrogens with zero attached hydrogens (tertiary/aromatic N) is 1. The minimum atomic E-state index is -2.50. The number of ether oxygens (including phenoxy) is 8. The maximum absolute atomic E-state index is 15.6. The molecular formula is C70H139NO14Si5. The molecule has 0 amide bonds. The van der Waals surface area contributed by atoms with E-state index in [2.05, 4.69) is 202 Å². The van der Waals surface area contributed by atoms with Gasteiger partial charge in [-0.1, -0.05) is 148 Å². The van der Waals surface area contributed by atoms with Gasteiger partial charge in [-0.15, -0.1) is 0 Å². The van der Waals surface area contributed by atoms with E-state index in [0.29, 0.717) is 12.8 Å². The monoisotopic (exact) mass is 1360 g/mol. The molecular weight excluding hydrogens is 1220 g/mol. The molecule has 0 aromatic rings. The van der Waals surface area contributed by atoms with E-state index < -0.39 is 103 Å². The van der Waals surface area contributed by atoms with Gasteiger partial charge >= 0.3 is 5.97 Å². The van der Waals surface area contributed by atoms with Gasteiger partial charge in [0.25, 0.3) is 0 Å². The molecule has 0 saturated carbocycles. The maximum Gasteiger partial charge on any atom is 0.311 e. The molecule has 3 fully saturated rings. The minimum absolute atomic E-state index is 0.00760. The molecule has 4 aliphatic heterocycles. The highest BCUT2D eigenvalue weighted by atomic mass is 28.4. The lowest BCUT2D eigenvalue weighted by Gasteiger charge is -2.53. The molecule has 20 heteroatoms. The molecule has 4 aliphatic rings. The van der Waals surface area contributed by atoms with Gasteiger partial charge in [-0.05, 0) is 157 Å². The molecule has 0 aromatic heterocycles. The van der Waals surface area contributed by atoms with Crippen molar-refractivity contribution >= 4 is 47.6 Å². The van der Waals surface area contributed by atoms with Gasteiger partial charge < -0.3 is 64.9 Å². The number of likely N-dealkylation sites (N-methyl/N-ethyl adjacent to an activating group) is 1. The van der Waals surface area contributed by atoms with Crippen LogP contribution in [0.1, 0.15) is 172 Å². The fraction of sp³-hybridized carbons (Fsp3) is 0.929. The zero-order valence-corrected chi connectivity index (χ0v) is 68.1. The van der Waals surface area contributed by atoms with E-state index in [-0.39, 0.29) is 82.9 Å². The van der Waals surface area contributed by atoms with Crippen molar-refractivity contribution < 1.29 is 64.8 Å². The topological polar surface area (TPSA) is 140 Å². The van der Waals surface area contributed by atoms with Crippen LogP contribution in [0.4, 0.5) is 0 Å². The van der Waals surface area contributed by atoms with Crippen LogP contribution in [-0.2, 0) is 64.8 Å². The number of fused-ring (bicyclic) bond motifs is 3. The molecule has 15 nitrogen and oxygen atoms in total. The average Bonchev–Trinajstić information content (AvgIpc) is 1.07. The third-order valence-corrected chi connectivity index (χ3v) is 46.2. The van der Waals surface area contributed by atoms with Crippen molar-refractivity contribution in [3.63, 3.8) is 0 Å². The summed E-state index contributed by atoms with van der Waals surface area (Å²) >= 11 is 0. The molecule has 0 aliphatic carbocycles. The van der Waals surface area contributed by atoms with Crippen molar-refractivity contribution in [1.29, 1.82) is 0 Å². The molecule has 528 valence electrons. The van der Waals surface area contributed by atoms with Crippen molar-refractivity contribution in [2.24, 2.45) is 29.6 Å². The number of rotatable bonds is 28. The van der Waals surface area contributed by atoms with Gasteiger partial charge in [-0.25, -0.2) is 0 Å². The summed E-state index contributed by atoms with van der Waals surface area (Å²) in [4.78, 5) is 17.9. The van der Waals surface area contributed by atoms with Gasteiger partial charge in [0.1, 0.15) is 30.7 Å². The van der Waals surface area contributed by atoms with Crippen LogP contribution in [0.15, 0.2) is 23.8 Å². The number of allylic oxidation sites excluding steroid dienone is 2. The lowest BCUT2D eigenvalue weighted by atomic mass is 9.78. The van der Waals surface area contributed by atoms with Gasteiger partial charge in [0.05, 0.1) is 61.3 Å². The van der Waals surface area contributed by atoms with Gasteiger partial charge in [-0.2, -0.15) is 0 Å². The Morgan fingerprint density at radius 2 is 1.04 bits per heavy atom. The second-order valence-electron chi connectivity index (χ2n) is 31.1. The predicted molar refractivity (Wildman–Crippen MR) is 381 cm³/mol. The Morgan fingerprint density at radius 1 is 0.578 bits per heavy atom. The molecule has 20 atom stereocenters. The first kappa shape index (κ1) is 81.9. The number of carbonyl (C=O) groups excluding carboxylic acids is 1. The number of esters is 1. The number of hydrogen-bond donors (Lipinski definition) is 0. The van der Waals surface area contributed by atoms with E-state index in [1.807, 2.05) is 13.8 Å². The second kappa shape index (κ2) is 34.8. The first-order chi connectivity index (χ1) is 41.9. The molecule has 3 saturated heterocycles. The van der Waals surface area contributed by atoms with Crippen molar-refractivity contribution in [2.45, 2.75) is 354 Å². The Labute approximate surface area is 556 Å². The molecule has 2 bridgehead atoms. The summed E-state index contributed by atoms with van der Waals surface area (Å²) in [6.45, 7) is 58.7. The first-order valence-electron chi connectivity index (χ1n) is 35.8. The molecule has 4 rings (SSSR count). The lowest BCUT2D eigenvalue weighted by Crippen LogP contribution is -2.68. The summed E-state index contributed by atoms with van der Waals surface area (Å²) in [5.74, 6) is -1.94. The average molecular weight is 1360 g/mol. The van der Waals surface area contributed by atoms with E-state index in [4.69, 9.17) is 60.0 Å². The third-order valence-electron chi connectivity index (χ3n) is 23.4. The number of carbonyl (C=O) groups is 1. The Hall–Kier alpha value is -0.486. The zero-order valence-electron chi connectivity index (χ0n) is 63.1. The molecule has 0 spiro atoms. The SMILES string of the molecule is CC[C@H]1OC(=O)[C@@H](C)[C@H]2OC(O[Si](C)(C)C(C)(C)C)C[C@@H](C[C@@H](C)C(O[Si](C)(C)C(C)(C)C)/C=C/C(C)=C/[C@@H]1CO[C@@H]1O[C@H](C)[C@@H](O[Si](CC)(CC)CC)[C@@H](OC)[C@H]1OC)[C@H](O[C@@H]1O[C@H](C)[C@@H](O[Si](CC)(CC)CC)[C@H](N(C)C)[C@H]1O[Si](CC)(CC)CC)[C@H]2C. The third kappa shape index (κ3) is 19.9. The van der Waals surface area contributed by atoms with Crippen LogP contribution in [0, 0.1) is 29.6 Å². The van der Waals surface area contributed by atoms with Crippen molar-refractivity contribution in [3.05, 3.63) is 23.8 Å². The highest BCUT2D eigenvalue weighted by molar-refractivity contribution is 6.75. The molecule has 0 N–H and O–H groups in total. The Kier molecular flexibility index (Phi) is 31.7. The Bertz CT molecular complexity index is 2170. The summed E-state index contributed by atoms with van der Waals surface area (Å²) in [6.07, 6.45) is 1.63. The predicted octanol–water partition coefficient (Wildman–Crippen LogP) is 16.9. The van der Waals surface area contributed by atoms with Crippen molar-refractivity contribution in [3.8, 4) is 0 Å². The van der Waals surface area contributed by atoms with Crippen LogP contribution in [0.2, 0.25) is 90.7 Å². The van der Waals surface area contributed by atoms with Crippen molar-refractivity contribution in [2.75, 3.05) is 34.9 Å². The largest absolute Gasteiger partial charge is 0.461 e. The van der Waals surface area contributed by atoms with Crippen LogP contribution in [0.3, 0.4) is 0 Å². The van der Waals surface area contributed by atoms with Crippen LogP contribution in [0.5, 0.6) is 0 Å². The summed E-state index contributed by atoms with van der Waals surface area (Å²) in [5.41, 5.74) is 1.01. The highest BCUT2D eigenvalue weighted by Gasteiger charge is 2.56. The van der Waals surface area contributed by atoms with Crippen LogP contribution >= 0.6 is 0 Å². The molecule has 0 radical (unpaired) electrons. The van der Waals surface area contributed by atoms with E-state index in [1.165, 1.54) is 0 Å². The van der Waals surface area contributed by atoms with Gasteiger partial charge in [0.2, 0.25) is 0 Å². The molecule has 4 heterocycles. The van der Waals surface area contributed by atoms with E-state index in [0.717, 1.165) is 66.4 Å². The summed E-state index contributed by atoms with van der Waals surface area (Å²) in [7, 11) is -3.68. The molecule has 90 heavy (non-hydrogen) atoms. The standard InChI is InChI=1S/C70H139NO14Si5/c1-31-55-54(46-75-67-65(74-26)64(73-25)62(52(16)76-67)84-89(35-5,36-6)37-7)43-47(11)41-42-56(81-86(27,28)69(17,18)19)48(12)44-53-45-57(82-87(29,30)70(20,21)22)79-59(50(14)66(72)78-55)49(13)60(53)80-68-63(85-90(38-8,39-9)40-10)58(71(23)24)61(51(15)77-68)83-88(32-2,33-3)34-4/h41-43,48-65,67-68H,31-40,44-46H2,1-30H3/b42-41+,47-43+/t48-,49+,50+,51-,52-,53-,54-,55-,56?,57?,58+,59+,60-,61-,62-,63-,64-,65-,67-,68+/m1/s1. The smallest absolute Gasteiger partial charge is 0.311 e. The van der Waals surface area contributed by atoms with Crippen LogP contribution in [0.25, 0.3) is 0 Å². The fourth-order valence-electron chi connectivity index (χ4n) is 14.2. The summed E-state index contributed by atoms with van der Waals surface area (Å²) in [6, 6.07) is 8.83. The van der Waals surface area contributed by atoms with Crippen LogP contribution < -0.4 is 0 Å². The molecule has 2 unspecified atom stereocenters. The zero-order chi connectivity index (χ0) is 68.3. The van der Waals surface area contributed by atoms with E-state index in [9.17, 15) is 0 Å². The summed E-state index contributed by atoms with van der Waals surface area (Å²) < 4.78 is 93.7. The maximum atomic E-state index is 15.6. The number of methoxy groups -OCH3 is 2. The Morgan fingerprint density at radius 3 is 1.51 bits per heavy atom. The molecule has 0 aromatic carbocycles. The normalized spacial score (nSPS) is 35.5. The van der Waals surface area contributed by atoms with Gasteiger partial charge in [0, 0.05) is 32.5 Å². The van der Waals surface area contributed by atoms with E-state index in [1.54, 1.807) is 14.2 Å². The quantitative estimate of drug-likeness (QED) is 0.0542. The van der Waals surface area contributed by atoms with Gasteiger partial charge in [-0.3, -0.25) is 4.79 Å². The van der Waals surface area contributed by atoms with Gasteiger partial charge in [0.15, 0.2) is 54.2 Å². The second-order valence-corrected chi connectivity index (χ2v) is 54.8. The van der Waals surface area contributed by atoms with Crippen molar-refractivity contribution in [1.82, 2.24) is 4.90 Å². The van der Waals surface area contributed by atoms with Crippen LogP contribution in [-0.4, -0.2) is 179 Å². The minimum Gasteiger partial charge on any atom is -0.461 e. The lowest BCUT2D eigenvalue weighted by molar-refractivity contribution is -0.301. The van der Waals surface area contributed by atoms with E-state index >= 15 is 4.79 Å². The Balaban J connectivity index is 2.01. The summed E-state index contributed by atoms with van der Waals surface area (Å²) in [5, 5.41) is -0.181.